The van der Waals surface area contributed by atoms with Crippen LogP contribution < -0.4 is 0 Å². The van der Waals surface area contributed by atoms with E-state index in [0.717, 1.165) is 11.1 Å². The molecule has 0 saturated carbocycles. The maximum Gasteiger partial charge on any atom is 0.316 e. The second kappa shape index (κ2) is 6.34. The molecule has 3 heteroatoms. The standard InChI is InChI=1S/C15H20O3/c1-10(2)14(15(17)18-4)13(16)9-12-8-6-5-7-11(12)3/h5-8,10,14H,9H2,1-4H3. The molecule has 0 aliphatic rings. The van der Waals surface area contributed by atoms with Crippen molar-refractivity contribution in [1.82, 2.24) is 0 Å². The van der Waals surface area contributed by atoms with E-state index in [9.17, 15) is 9.59 Å². The Balaban J connectivity index is 2.86. The molecule has 0 heterocycles. The van der Waals surface area contributed by atoms with Crippen LogP contribution in [0.4, 0.5) is 0 Å². The number of hydrogen-bond donors (Lipinski definition) is 0. The lowest BCUT2D eigenvalue weighted by atomic mass is 9.87. The summed E-state index contributed by atoms with van der Waals surface area (Å²) in [5, 5.41) is 0. The van der Waals surface area contributed by atoms with E-state index < -0.39 is 11.9 Å². The van der Waals surface area contributed by atoms with Gasteiger partial charge in [-0.1, -0.05) is 38.1 Å². The first kappa shape index (κ1) is 14.4. The van der Waals surface area contributed by atoms with Crippen molar-refractivity contribution in [3.63, 3.8) is 0 Å². The Hall–Kier alpha value is -1.64. The first-order valence-electron chi connectivity index (χ1n) is 6.12. The van der Waals surface area contributed by atoms with Gasteiger partial charge < -0.3 is 4.74 Å². The number of benzene rings is 1. The second-order valence-corrected chi connectivity index (χ2v) is 4.81. The molecule has 1 atom stereocenters. The number of esters is 1. The summed E-state index contributed by atoms with van der Waals surface area (Å²) in [5.41, 5.74) is 2.04. The van der Waals surface area contributed by atoms with Gasteiger partial charge >= 0.3 is 5.97 Å². The summed E-state index contributed by atoms with van der Waals surface area (Å²) < 4.78 is 4.70. The van der Waals surface area contributed by atoms with Crippen molar-refractivity contribution in [3.8, 4) is 0 Å². The number of carbonyl (C=O) groups excluding carboxylic acids is 2. The molecule has 1 unspecified atom stereocenters. The molecule has 0 saturated heterocycles. The van der Waals surface area contributed by atoms with Crippen molar-refractivity contribution in [1.29, 1.82) is 0 Å². The lowest BCUT2D eigenvalue weighted by Crippen LogP contribution is -2.31. The third-order valence-corrected chi connectivity index (χ3v) is 3.09. The Morgan fingerprint density at radius 1 is 1.22 bits per heavy atom. The predicted octanol–water partition coefficient (Wildman–Crippen LogP) is 2.55. The molecule has 0 aliphatic heterocycles. The van der Waals surface area contributed by atoms with Crippen LogP contribution >= 0.6 is 0 Å². The second-order valence-electron chi connectivity index (χ2n) is 4.81. The average Bonchev–Trinajstić information content (AvgIpc) is 2.31. The molecule has 0 aliphatic carbocycles. The van der Waals surface area contributed by atoms with Gasteiger partial charge in [-0.05, 0) is 24.0 Å². The number of hydrogen-bond acceptors (Lipinski definition) is 3. The van der Waals surface area contributed by atoms with Gasteiger partial charge in [0, 0.05) is 6.42 Å². The van der Waals surface area contributed by atoms with Gasteiger partial charge in [0.1, 0.15) is 5.92 Å². The summed E-state index contributed by atoms with van der Waals surface area (Å²) in [5.74, 6) is -1.24. The molecule has 18 heavy (non-hydrogen) atoms. The Kier molecular flexibility index (Phi) is 5.08. The van der Waals surface area contributed by atoms with Gasteiger partial charge in [-0.3, -0.25) is 9.59 Å². The number of ketones is 1. The zero-order valence-corrected chi connectivity index (χ0v) is 11.4. The van der Waals surface area contributed by atoms with Crippen molar-refractivity contribution in [2.75, 3.05) is 7.11 Å². The van der Waals surface area contributed by atoms with E-state index in [1.807, 2.05) is 45.0 Å². The quantitative estimate of drug-likeness (QED) is 0.594. The maximum absolute atomic E-state index is 12.2. The Labute approximate surface area is 108 Å². The van der Waals surface area contributed by atoms with Crippen LogP contribution in [0.25, 0.3) is 0 Å². The third-order valence-electron chi connectivity index (χ3n) is 3.09. The zero-order valence-electron chi connectivity index (χ0n) is 11.4. The van der Waals surface area contributed by atoms with E-state index >= 15 is 0 Å². The third kappa shape index (κ3) is 3.42. The summed E-state index contributed by atoms with van der Waals surface area (Å²) in [7, 11) is 1.32. The van der Waals surface area contributed by atoms with Crippen LogP contribution in [0.5, 0.6) is 0 Å². The molecule has 98 valence electrons. The number of carbonyl (C=O) groups is 2. The highest BCUT2D eigenvalue weighted by Gasteiger charge is 2.30. The molecular formula is C15H20O3. The zero-order chi connectivity index (χ0) is 13.7. The van der Waals surface area contributed by atoms with Crippen LogP contribution in [0, 0.1) is 18.8 Å². The lowest BCUT2D eigenvalue weighted by Gasteiger charge is -2.17. The van der Waals surface area contributed by atoms with Crippen LogP contribution in [-0.2, 0) is 20.7 Å². The summed E-state index contributed by atoms with van der Waals surface area (Å²) >= 11 is 0. The van der Waals surface area contributed by atoms with E-state index in [4.69, 9.17) is 4.74 Å². The van der Waals surface area contributed by atoms with Crippen LogP contribution in [-0.4, -0.2) is 18.9 Å². The smallest absolute Gasteiger partial charge is 0.316 e. The van der Waals surface area contributed by atoms with Crippen LogP contribution in [0.15, 0.2) is 24.3 Å². The van der Waals surface area contributed by atoms with Gasteiger partial charge in [-0.25, -0.2) is 0 Å². The van der Waals surface area contributed by atoms with Crippen molar-refractivity contribution < 1.29 is 14.3 Å². The fourth-order valence-corrected chi connectivity index (χ4v) is 2.01. The lowest BCUT2D eigenvalue weighted by molar-refractivity contribution is -0.151. The Morgan fingerprint density at radius 3 is 2.33 bits per heavy atom. The van der Waals surface area contributed by atoms with Gasteiger partial charge in [0.25, 0.3) is 0 Å². The number of ether oxygens (including phenoxy) is 1. The fourth-order valence-electron chi connectivity index (χ4n) is 2.01. The van der Waals surface area contributed by atoms with E-state index in [0.29, 0.717) is 0 Å². The highest BCUT2D eigenvalue weighted by Crippen LogP contribution is 2.18. The summed E-state index contributed by atoms with van der Waals surface area (Å²) in [4.78, 5) is 23.8. The summed E-state index contributed by atoms with van der Waals surface area (Å²) in [6, 6.07) is 7.72. The summed E-state index contributed by atoms with van der Waals surface area (Å²) in [6.07, 6.45) is 0.282. The number of methoxy groups -OCH3 is 1. The molecule has 1 rings (SSSR count). The predicted molar refractivity (Wildman–Crippen MR) is 70.2 cm³/mol. The molecule has 3 nitrogen and oxygen atoms in total. The highest BCUT2D eigenvalue weighted by molar-refractivity contribution is 6.00. The normalized spacial score (nSPS) is 12.3. The van der Waals surface area contributed by atoms with Crippen molar-refractivity contribution in [2.24, 2.45) is 11.8 Å². The SMILES string of the molecule is COC(=O)C(C(=O)Cc1ccccc1C)C(C)C. The van der Waals surface area contributed by atoms with Gasteiger partial charge in [-0.15, -0.1) is 0 Å². The molecule has 0 amide bonds. The monoisotopic (exact) mass is 248 g/mol. The number of rotatable bonds is 5. The fraction of sp³-hybridized carbons (Fsp3) is 0.467. The van der Waals surface area contributed by atoms with Gasteiger partial charge in [-0.2, -0.15) is 0 Å². The Bertz CT molecular complexity index is 435. The molecule has 1 aromatic rings. The van der Waals surface area contributed by atoms with E-state index in [-0.39, 0.29) is 18.1 Å². The largest absolute Gasteiger partial charge is 0.468 e. The molecule has 1 aromatic carbocycles. The first-order valence-corrected chi connectivity index (χ1v) is 6.12. The summed E-state index contributed by atoms with van der Waals surface area (Å²) in [6.45, 7) is 5.68. The van der Waals surface area contributed by atoms with Crippen LogP contribution in [0.2, 0.25) is 0 Å². The minimum atomic E-state index is -0.672. The van der Waals surface area contributed by atoms with Gasteiger partial charge in [0.2, 0.25) is 0 Å². The van der Waals surface area contributed by atoms with Crippen LogP contribution in [0.1, 0.15) is 25.0 Å². The number of Topliss-reactive ketones (excluding diaryl/α,β-unsaturated/α-hetero) is 1. The molecule has 0 aromatic heterocycles. The van der Waals surface area contributed by atoms with E-state index in [1.54, 1.807) is 0 Å². The molecule has 0 radical (unpaired) electrons. The van der Waals surface area contributed by atoms with Gasteiger partial charge in [0.15, 0.2) is 5.78 Å². The van der Waals surface area contributed by atoms with Crippen molar-refractivity contribution in [2.45, 2.75) is 27.2 Å². The minimum absolute atomic E-state index is 0.0473. The van der Waals surface area contributed by atoms with Gasteiger partial charge in [0.05, 0.1) is 7.11 Å². The Morgan fingerprint density at radius 2 is 1.83 bits per heavy atom. The minimum Gasteiger partial charge on any atom is -0.468 e. The molecule has 0 spiro atoms. The number of aryl methyl sites for hydroxylation is 1. The average molecular weight is 248 g/mol. The van der Waals surface area contributed by atoms with E-state index in [1.165, 1.54) is 7.11 Å². The first-order chi connectivity index (χ1) is 8.47. The van der Waals surface area contributed by atoms with E-state index in [2.05, 4.69) is 0 Å². The topological polar surface area (TPSA) is 43.4 Å². The molecule has 0 N–H and O–H groups in total. The van der Waals surface area contributed by atoms with Crippen molar-refractivity contribution in [3.05, 3.63) is 35.4 Å². The highest BCUT2D eigenvalue weighted by atomic mass is 16.5. The van der Waals surface area contributed by atoms with Crippen LogP contribution in [0.3, 0.4) is 0 Å². The molecule has 0 fully saturated rings. The molecular weight excluding hydrogens is 228 g/mol. The maximum atomic E-state index is 12.2. The van der Waals surface area contributed by atoms with Crippen molar-refractivity contribution >= 4 is 11.8 Å². The molecule has 0 bridgehead atoms.